The largest absolute Gasteiger partial charge is 0.330 e. The first-order chi connectivity index (χ1) is 11.6. The average molecular weight is 323 g/mol. The summed E-state index contributed by atoms with van der Waals surface area (Å²) in [5.41, 5.74) is 4.63. The van der Waals surface area contributed by atoms with Crippen molar-refractivity contribution in [3.63, 3.8) is 0 Å². The fraction of sp³-hybridized carbons (Fsp3) is 0.389. The Balaban J connectivity index is 1.70. The predicted octanol–water partition coefficient (Wildman–Crippen LogP) is 2.66. The van der Waals surface area contributed by atoms with Gasteiger partial charge in [0.05, 0.1) is 11.7 Å². The Morgan fingerprint density at radius 3 is 2.83 bits per heavy atom. The van der Waals surface area contributed by atoms with Crippen molar-refractivity contribution in [2.75, 3.05) is 6.54 Å². The van der Waals surface area contributed by atoms with Crippen LogP contribution in [0.4, 0.5) is 0 Å². The lowest BCUT2D eigenvalue weighted by atomic mass is 10.0. The summed E-state index contributed by atoms with van der Waals surface area (Å²) in [6.07, 6.45) is 5.72. The molecule has 0 aliphatic carbocycles. The number of likely N-dealkylation sites (tertiary alicyclic amines) is 1. The Labute approximate surface area is 140 Å². The van der Waals surface area contributed by atoms with E-state index < -0.39 is 0 Å². The van der Waals surface area contributed by atoms with Gasteiger partial charge < -0.3 is 9.30 Å². The molecule has 0 saturated carbocycles. The van der Waals surface area contributed by atoms with Gasteiger partial charge in [0, 0.05) is 37.2 Å². The number of aromatic nitrogens is 4. The second-order valence-corrected chi connectivity index (χ2v) is 6.46. The zero-order valence-electron chi connectivity index (χ0n) is 14.2. The number of rotatable bonds is 2. The van der Waals surface area contributed by atoms with Crippen molar-refractivity contribution in [2.45, 2.75) is 32.7 Å². The molecule has 3 aromatic rings. The van der Waals surface area contributed by atoms with Gasteiger partial charge in [-0.25, -0.2) is 4.98 Å². The number of carbonyl (C=O) groups excluding carboxylic acids is 1. The fourth-order valence-corrected chi connectivity index (χ4v) is 3.77. The van der Waals surface area contributed by atoms with Crippen LogP contribution in [0.2, 0.25) is 0 Å². The molecule has 4 rings (SSSR count). The molecular weight excluding hydrogens is 302 g/mol. The van der Waals surface area contributed by atoms with Crippen LogP contribution in [0.3, 0.4) is 0 Å². The molecule has 1 saturated heterocycles. The van der Waals surface area contributed by atoms with E-state index in [4.69, 9.17) is 0 Å². The van der Waals surface area contributed by atoms with Gasteiger partial charge in [0.1, 0.15) is 11.3 Å². The molecule has 0 spiro atoms. The lowest BCUT2D eigenvalue weighted by Crippen LogP contribution is -2.31. The van der Waals surface area contributed by atoms with E-state index in [1.165, 1.54) is 5.56 Å². The zero-order valence-corrected chi connectivity index (χ0v) is 14.2. The van der Waals surface area contributed by atoms with Crippen molar-refractivity contribution >= 4 is 11.6 Å². The lowest BCUT2D eigenvalue weighted by Gasteiger charge is -2.24. The van der Waals surface area contributed by atoms with E-state index in [0.29, 0.717) is 5.69 Å². The number of imidazole rings is 1. The van der Waals surface area contributed by atoms with Crippen LogP contribution in [-0.4, -0.2) is 36.5 Å². The maximum atomic E-state index is 13.1. The highest BCUT2D eigenvalue weighted by Crippen LogP contribution is 2.36. The minimum atomic E-state index is 0.00357. The van der Waals surface area contributed by atoms with E-state index in [0.717, 1.165) is 36.4 Å². The highest BCUT2D eigenvalue weighted by atomic mass is 16.2. The molecule has 4 heterocycles. The second-order valence-electron chi connectivity index (χ2n) is 6.46. The number of hydrogen-bond acceptors (Lipinski definition) is 3. The molecule has 124 valence electrons. The van der Waals surface area contributed by atoms with Gasteiger partial charge in [0.2, 0.25) is 0 Å². The molecule has 1 aliphatic heterocycles. The number of hydrogen-bond donors (Lipinski definition) is 0. The van der Waals surface area contributed by atoms with Gasteiger partial charge in [-0.15, -0.1) is 0 Å². The maximum Gasteiger partial charge on any atom is 0.274 e. The number of amides is 1. The maximum absolute atomic E-state index is 13.1. The third-order valence-corrected chi connectivity index (χ3v) is 4.99. The van der Waals surface area contributed by atoms with Crippen LogP contribution < -0.4 is 0 Å². The molecule has 0 aromatic carbocycles. The minimum Gasteiger partial charge on any atom is -0.330 e. The van der Waals surface area contributed by atoms with E-state index in [9.17, 15) is 4.79 Å². The molecule has 1 aliphatic rings. The number of fused-ring (bicyclic) bond motifs is 1. The van der Waals surface area contributed by atoms with Gasteiger partial charge in [-0.1, -0.05) is 6.07 Å². The standard InChI is InChI=1S/C18H21N5O/c1-12-17(13(2)21(3)20-12)15-7-6-10-23(15)18(24)14-11-22-9-5-4-8-16(22)19-14/h4-5,8-9,11,15H,6-7,10H2,1-3H3/t15-/m0/s1. The summed E-state index contributed by atoms with van der Waals surface area (Å²) in [5.74, 6) is 0.00357. The van der Waals surface area contributed by atoms with Crippen molar-refractivity contribution in [2.24, 2.45) is 7.05 Å². The summed E-state index contributed by atoms with van der Waals surface area (Å²) in [4.78, 5) is 19.5. The normalized spacial score (nSPS) is 17.8. The Kier molecular flexibility index (Phi) is 3.40. The van der Waals surface area contributed by atoms with Gasteiger partial charge in [-0.2, -0.15) is 5.10 Å². The third-order valence-electron chi connectivity index (χ3n) is 4.99. The van der Waals surface area contributed by atoms with Gasteiger partial charge in [-0.05, 0) is 38.8 Å². The Hall–Kier alpha value is -2.63. The first kappa shape index (κ1) is 14.9. The van der Waals surface area contributed by atoms with Crippen LogP contribution in [0.15, 0.2) is 30.6 Å². The van der Waals surface area contributed by atoms with E-state index in [1.54, 1.807) is 0 Å². The van der Waals surface area contributed by atoms with Gasteiger partial charge >= 0.3 is 0 Å². The molecular formula is C18H21N5O. The van der Waals surface area contributed by atoms with Crippen molar-refractivity contribution in [1.29, 1.82) is 0 Å². The summed E-state index contributed by atoms with van der Waals surface area (Å²) in [5, 5.41) is 4.52. The summed E-state index contributed by atoms with van der Waals surface area (Å²) in [6.45, 7) is 4.86. The van der Waals surface area contributed by atoms with Crippen LogP contribution in [0.1, 0.15) is 46.3 Å². The highest BCUT2D eigenvalue weighted by Gasteiger charge is 2.34. The molecule has 6 heteroatoms. The lowest BCUT2D eigenvalue weighted by molar-refractivity contribution is 0.0729. The van der Waals surface area contributed by atoms with Crippen LogP contribution >= 0.6 is 0 Å². The summed E-state index contributed by atoms with van der Waals surface area (Å²) in [6, 6.07) is 5.87. The van der Waals surface area contributed by atoms with E-state index in [-0.39, 0.29) is 11.9 Å². The van der Waals surface area contributed by atoms with E-state index in [2.05, 4.69) is 17.0 Å². The first-order valence-corrected chi connectivity index (χ1v) is 8.31. The smallest absolute Gasteiger partial charge is 0.274 e. The number of aryl methyl sites for hydroxylation is 2. The third kappa shape index (κ3) is 2.21. The van der Waals surface area contributed by atoms with Crippen molar-refractivity contribution in [3.8, 4) is 0 Å². The van der Waals surface area contributed by atoms with E-state index in [1.807, 2.05) is 58.5 Å². The molecule has 0 N–H and O–H groups in total. The number of nitrogens with zero attached hydrogens (tertiary/aromatic N) is 5. The number of pyridine rings is 1. The van der Waals surface area contributed by atoms with Gasteiger partial charge in [0.15, 0.2) is 0 Å². The SMILES string of the molecule is Cc1nn(C)c(C)c1[C@@H]1CCCN1C(=O)c1cn2ccccc2n1. The average Bonchev–Trinajstić information content (AvgIpc) is 3.25. The predicted molar refractivity (Wildman–Crippen MR) is 90.9 cm³/mol. The molecule has 0 unspecified atom stereocenters. The summed E-state index contributed by atoms with van der Waals surface area (Å²) >= 11 is 0. The molecule has 1 fully saturated rings. The second kappa shape index (κ2) is 5.47. The molecule has 1 amide bonds. The molecule has 3 aromatic heterocycles. The molecule has 6 nitrogen and oxygen atoms in total. The van der Waals surface area contributed by atoms with Crippen molar-refractivity contribution in [3.05, 3.63) is 53.2 Å². The summed E-state index contributed by atoms with van der Waals surface area (Å²) in [7, 11) is 1.95. The van der Waals surface area contributed by atoms with Crippen molar-refractivity contribution < 1.29 is 4.79 Å². The topological polar surface area (TPSA) is 55.4 Å². The zero-order chi connectivity index (χ0) is 16.8. The van der Waals surface area contributed by atoms with Crippen LogP contribution in [-0.2, 0) is 7.05 Å². The molecule has 0 radical (unpaired) electrons. The monoisotopic (exact) mass is 323 g/mol. The minimum absolute atomic E-state index is 0.00357. The highest BCUT2D eigenvalue weighted by molar-refractivity contribution is 5.93. The van der Waals surface area contributed by atoms with Gasteiger partial charge in [0.25, 0.3) is 5.91 Å². The van der Waals surface area contributed by atoms with Gasteiger partial charge in [-0.3, -0.25) is 9.48 Å². The summed E-state index contributed by atoms with van der Waals surface area (Å²) < 4.78 is 3.79. The molecule has 0 bridgehead atoms. The van der Waals surface area contributed by atoms with E-state index >= 15 is 0 Å². The Bertz CT molecular complexity index is 890. The van der Waals surface area contributed by atoms with Crippen LogP contribution in [0.5, 0.6) is 0 Å². The molecule has 1 atom stereocenters. The number of carbonyl (C=O) groups is 1. The quantitative estimate of drug-likeness (QED) is 0.728. The van der Waals surface area contributed by atoms with Crippen molar-refractivity contribution in [1.82, 2.24) is 24.1 Å². The molecule has 24 heavy (non-hydrogen) atoms. The Morgan fingerprint density at radius 2 is 2.12 bits per heavy atom. The first-order valence-electron chi connectivity index (χ1n) is 8.31. The Morgan fingerprint density at radius 1 is 1.29 bits per heavy atom. The van der Waals surface area contributed by atoms with Crippen LogP contribution in [0, 0.1) is 13.8 Å². The fourth-order valence-electron chi connectivity index (χ4n) is 3.77. The van der Waals surface area contributed by atoms with Crippen LogP contribution in [0.25, 0.3) is 5.65 Å².